The number of nitrogens with one attached hydrogen (secondary N) is 1. The van der Waals surface area contributed by atoms with E-state index >= 15 is 0 Å². The van der Waals surface area contributed by atoms with Crippen LogP contribution in [0.5, 0.6) is 5.75 Å². The maximum atomic E-state index is 12.4. The molecular weight excluding hydrogens is 274 g/mol. The van der Waals surface area contributed by atoms with Gasteiger partial charge in [-0.15, -0.1) is 0 Å². The number of benzene rings is 1. The Hall–Kier alpha value is -1.07. The average Bonchev–Trinajstić information content (AvgIpc) is 2.44. The van der Waals surface area contributed by atoms with Gasteiger partial charge in [0.2, 0.25) is 10.0 Å². The summed E-state index contributed by atoms with van der Waals surface area (Å²) in [4.78, 5) is 0.295. The molecule has 1 aliphatic carbocycles. The lowest BCUT2D eigenvalue weighted by molar-refractivity contribution is 0.227. The maximum Gasteiger partial charge on any atom is 0.240 e. The Balaban J connectivity index is 2.13. The molecule has 0 bridgehead atoms. The summed E-state index contributed by atoms with van der Waals surface area (Å²) in [7, 11) is -1.88. The second-order valence-corrected chi connectivity index (χ2v) is 7.38. The minimum Gasteiger partial charge on any atom is -0.497 e. The summed E-state index contributed by atoms with van der Waals surface area (Å²) in [6.45, 7) is 4.32. The standard InChI is InChI=1S/C15H23NO3S/c1-11-5-4-6-15(12(11)2)16-20(17,18)14-9-7-13(19-3)8-10-14/h7-12,15-16H,4-6H2,1-3H3/t11-,12-,15-/m1/s1. The van der Waals surface area contributed by atoms with E-state index in [1.54, 1.807) is 31.4 Å². The molecule has 1 aromatic carbocycles. The van der Waals surface area contributed by atoms with Gasteiger partial charge in [-0.2, -0.15) is 0 Å². The third-order valence-electron chi connectivity index (χ3n) is 4.38. The predicted molar refractivity (Wildman–Crippen MR) is 79.3 cm³/mol. The third kappa shape index (κ3) is 3.33. The molecule has 1 N–H and O–H groups in total. The van der Waals surface area contributed by atoms with Gasteiger partial charge in [-0.3, -0.25) is 0 Å². The SMILES string of the molecule is COc1ccc(S(=O)(=O)N[C@@H]2CCC[C@@H](C)[C@H]2C)cc1. The van der Waals surface area contributed by atoms with Crippen LogP contribution in [0.15, 0.2) is 29.2 Å². The summed E-state index contributed by atoms with van der Waals surface area (Å²) >= 11 is 0. The summed E-state index contributed by atoms with van der Waals surface area (Å²) in [5.41, 5.74) is 0. The molecule has 1 aromatic rings. The fourth-order valence-electron chi connectivity index (χ4n) is 2.77. The van der Waals surface area contributed by atoms with Gasteiger partial charge in [-0.05, 0) is 42.5 Å². The van der Waals surface area contributed by atoms with Crippen LogP contribution in [-0.4, -0.2) is 21.6 Å². The molecule has 3 atom stereocenters. The molecule has 0 saturated heterocycles. The van der Waals surface area contributed by atoms with Gasteiger partial charge in [0.05, 0.1) is 12.0 Å². The van der Waals surface area contributed by atoms with E-state index in [2.05, 4.69) is 18.6 Å². The second kappa shape index (κ2) is 6.14. The molecular formula is C15H23NO3S. The van der Waals surface area contributed by atoms with Crippen LogP contribution in [0.25, 0.3) is 0 Å². The summed E-state index contributed by atoms with van der Waals surface area (Å²) < 4.78 is 32.7. The van der Waals surface area contributed by atoms with Crippen LogP contribution in [0.1, 0.15) is 33.1 Å². The zero-order valence-electron chi connectivity index (χ0n) is 12.3. The maximum absolute atomic E-state index is 12.4. The van der Waals surface area contributed by atoms with Gasteiger partial charge in [-0.1, -0.05) is 26.7 Å². The minimum atomic E-state index is -3.45. The van der Waals surface area contributed by atoms with Gasteiger partial charge in [0.25, 0.3) is 0 Å². The normalized spacial score (nSPS) is 27.2. The van der Waals surface area contributed by atoms with E-state index in [-0.39, 0.29) is 6.04 Å². The van der Waals surface area contributed by atoms with Crippen molar-refractivity contribution in [3.05, 3.63) is 24.3 Å². The molecule has 0 aliphatic heterocycles. The topological polar surface area (TPSA) is 55.4 Å². The molecule has 5 heteroatoms. The van der Waals surface area contributed by atoms with Crippen LogP contribution in [-0.2, 0) is 10.0 Å². The van der Waals surface area contributed by atoms with Crippen molar-refractivity contribution in [1.82, 2.24) is 4.72 Å². The van der Waals surface area contributed by atoms with Crippen LogP contribution >= 0.6 is 0 Å². The highest BCUT2D eigenvalue weighted by Crippen LogP contribution is 2.30. The zero-order valence-corrected chi connectivity index (χ0v) is 13.1. The highest BCUT2D eigenvalue weighted by Gasteiger charge is 2.30. The van der Waals surface area contributed by atoms with E-state index in [1.165, 1.54) is 6.42 Å². The fraction of sp³-hybridized carbons (Fsp3) is 0.600. The summed E-state index contributed by atoms with van der Waals surface area (Å²) in [6, 6.07) is 6.53. The monoisotopic (exact) mass is 297 g/mol. The molecule has 0 amide bonds. The molecule has 0 radical (unpaired) electrons. The van der Waals surface area contributed by atoms with E-state index in [0.29, 0.717) is 22.5 Å². The molecule has 2 rings (SSSR count). The first-order chi connectivity index (χ1) is 9.44. The van der Waals surface area contributed by atoms with Gasteiger partial charge < -0.3 is 4.74 Å². The Labute approximate surface area is 121 Å². The lowest BCUT2D eigenvalue weighted by Gasteiger charge is -2.34. The van der Waals surface area contributed by atoms with E-state index in [0.717, 1.165) is 12.8 Å². The first-order valence-electron chi connectivity index (χ1n) is 7.10. The van der Waals surface area contributed by atoms with E-state index in [1.807, 2.05) is 0 Å². The smallest absolute Gasteiger partial charge is 0.240 e. The Morgan fingerprint density at radius 3 is 2.40 bits per heavy atom. The average molecular weight is 297 g/mol. The number of methoxy groups -OCH3 is 1. The fourth-order valence-corrected chi connectivity index (χ4v) is 4.13. The van der Waals surface area contributed by atoms with Crippen molar-refractivity contribution < 1.29 is 13.2 Å². The van der Waals surface area contributed by atoms with Crippen LogP contribution in [0, 0.1) is 11.8 Å². The Bertz CT molecular complexity index is 539. The van der Waals surface area contributed by atoms with Crippen molar-refractivity contribution in [2.75, 3.05) is 7.11 Å². The van der Waals surface area contributed by atoms with Gasteiger partial charge in [0.1, 0.15) is 5.75 Å². The molecule has 1 saturated carbocycles. The number of rotatable bonds is 4. The summed E-state index contributed by atoms with van der Waals surface area (Å²) in [6.07, 6.45) is 3.18. The number of sulfonamides is 1. The van der Waals surface area contributed by atoms with Gasteiger partial charge in [0, 0.05) is 6.04 Å². The van der Waals surface area contributed by atoms with E-state index in [4.69, 9.17) is 4.74 Å². The van der Waals surface area contributed by atoms with Gasteiger partial charge in [-0.25, -0.2) is 13.1 Å². The van der Waals surface area contributed by atoms with Gasteiger partial charge in [0.15, 0.2) is 0 Å². The molecule has 0 spiro atoms. The van der Waals surface area contributed by atoms with E-state index < -0.39 is 10.0 Å². The van der Waals surface area contributed by atoms with Crippen LogP contribution < -0.4 is 9.46 Å². The molecule has 4 nitrogen and oxygen atoms in total. The van der Waals surface area contributed by atoms with Crippen molar-refractivity contribution in [1.29, 1.82) is 0 Å². The zero-order chi connectivity index (χ0) is 14.8. The van der Waals surface area contributed by atoms with Crippen molar-refractivity contribution in [3.8, 4) is 5.75 Å². The molecule has 112 valence electrons. The molecule has 0 heterocycles. The highest BCUT2D eigenvalue weighted by atomic mass is 32.2. The second-order valence-electron chi connectivity index (χ2n) is 5.67. The Kier molecular flexibility index (Phi) is 4.70. The lowest BCUT2D eigenvalue weighted by Crippen LogP contribution is -2.43. The molecule has 20 heavy (non-hydrogen) atoms. The number of hydrogen-bond donors (Lipinski definition) is 1. The number of ether oxygens (including phenoxy) is 1. The summed E-state index contributed by atoms with van der Waals surface area (Å²) in [5.74, 6) is 1.59. The van der Waals surface area contributed by atoms with Crippen LogP contribution in [0.2, 0.25) is 0 Å². The predicted octanol–water partition coefficient (Wildman–Crippen LogP) is 2.80. The van der Waals surface area contributed by atoms with Crippen molar-refractivity contribution in [3.63, 3.8) is 0 Å². The quantitative estimate of drug-likeness (QED) is 0.929. The Morgan fingerprint density at radius 1 is 1.15 bits per heavy atom. The van der Waals surface area contributed by atoms with Crippen LogP contribution in [0.3, 0.4) is 0 Å². The number of hydrogen-bond acceptors (Lipinski definition) is 3. The van der Waals surface area contributed by atoms with Crippen molar-refractivity contribution >= 4 is 10.0 Å². The highest BCUT2D eigenvalue weighted by molar-refractivity contribution is 7.89. The molecule has 0 unspecified atom stereocenters. The summed E-state index contributed by atoms with van der Waals surface area (Å²) in [5, 5.41) is 0. The first kappa shape index (κ1) is 15.3. The molecule has 1 aliphatic rings. The van der Waals surface area contributed by atoms with Crippen LogP contribution in [0.4, 0.5) is 0 Å². The molecule has 1 fully saturated rings. The van der Waals surface area contributed by atoms with Crippen molar-refractivity contribution in [2.24, 2.45) is 11.8 Å². The first-order valence-corrected chi connectivity index (χ1v) is 8.59. The van der Waals surface area contributed by atoms with Gasteiger partial charge >= 0.3 is 0 Å². The largest absolute Gasteiger partial charge is 0.497 e. The Morgan fingerprint density at radius 2 is 1.80 bits per heavy atom. The minimum absolute atomic E-state index is 0.0332. The van der Waals surface area contributed by atoms with Crippen molar-refractivity contribution in [2.45, 2.75) is 44.0 Å². The molecule has 0 aromatic heterocycles. The lowest BCUT2D eigenvalue weighted by atomic mass is 9.78. The third-order valence-corrected chi connectivity index (χ3v) is 5.89. The van der Waals surface area contributed by atoms with E-state index in [9.17, 15) is 8.42 Å².